The molecule has 0 unspecified atom stereocenters. The summed E-state index contributed by atoms with van der Waals surface area (Å²) in [5.74, 6) is 7.29. The Bertz CT molecular complexity index is 778. The van der Waals surface area contributed by atoms with Crippen molar-refractivity contribution in [1.82, 2.24) is 4.90 Å². The van der Waals surface area contributed by atoms with Gasteiger partial charge in [-0.25, -0.2) is 0 Å². The molecule has 0 atom stereocenters. The van der Waals surface area contributed by atoms with E-state index in [1.165, 1.54) is 0 Å². The van der Waals surface area contributed by atoms with Crippen LogP contribution in [0.3, 0.4) is 0 Å². The number of rotatable bonds is 4. The van der Waals surface area contributed by atoms with Gasteiger partial charge in [0.2, 0.25) is 0 Å². The van der Waals surface area contributed by atoms with E-state index in [-0.39, 0.29) is 17.0 Å². The lowest BCUT2D eigenvalue weighted by Crippen LogP contribution is -2.46. The lowest BCUT2D eigenvalue weighted by molar-refractivity contribution is -0.126. The molecule has 1 aliphatic heterocycles. The van der Waals surface area contributed by atoms with Crippen molar-refractivity contribution >= 4 is 11.7 Å². The van der Waals surface area contributed by atoms with Gasteiger partial charge in [0, 0.05) is 23.1 Å². The van der Waals surface area contributed by atoms with Crippen LogP contribution < -0.4 is 0 Å². The minimum absolute atomic E-state index is 0.0980. The van der Waals surface area contributed by atoms with Crippen molar-refractivity contribution in [3.8, 4) is 11.8 Å². The molecule has 1 heterocycles. The van der Waals surface area contributed by atoms with Crippen LogP contribution in [0.2, 0.25) is 0 Å². The molecule has 2 rings (SSSR count). The average Bonchev–Trinajstić information content (AvgIpc) is 2.85. The van der Waals surface area contributed by atoms with E-state index in [9.17, 15) is 4.79 Å². The number of carbonyl (C=O) groups excluding carboxylic acids is 1. The smallest absolute Gasteiger partial charge is 0.255 e. The highest BCUT2D eigenvalue weighted by atomic mass is 16.2. The highest BCUT2D eigenvalue weighted by Gasteiger charge is 2.37. The fraction of sp³-hybridized carbons (Fsp3) is 0.500. The summed E-state index contributed by atoms with van der Waals surface area (Å²) < 4.78 is 0. The Hall–Kier alpha value is -2.34. The molecule has 0 saturated heterocycles. The minimum Gasteiger partial charge on any atom is -0.288 e. The summed E-state index contributed by atoms with van der Waals surface area (Å²) in [5.41, 5.74) is 1.43. The molecule has 1 aromatic rings. The topological polar surface area (TPSA) is 32.7 Å². The maximum atomic E-state index is 12.9. The molecule has 27 heavy (non-hydrogen) atoms. The van der Waals surface area contributed by atoms with E-state index in [0.717, 1.165) is 42.7 Å². The van der Waals surface area contributed by atoms with Gasteiger partial charge >= 0.3 is 0 Å². The van der Waals surface area contributed by atoms with Gasteiger partial charge < -0.3 is 0 Å². The molecule has 0 N–H and O–H groups in total. The summed E-state index contributed by atoms with van der Waals surface area (Å²) in [5, 5.41) is 0. The molecule has 3 heteroatoms. The Morgan fingerprint density at radius 1 is 1.00 bits per heavy atom. The summed E-state index contributed by atoms with van der Waals surface area (Å²) in [6.07, 6.45) is 5.56. The van der Waals surface area contributed by atoms with Gasteiger partial charge in [0.15, 0.2) is 0 Å². The zero-order valence-corrected chi connectivity index (χ0v) is 17.6. The van der Waals surface area contributed by atoms with Gasteiger partial charge in [-0.2, -0.15) is 0 Å². The zero-order chi connectivity index (χ0) is 20.1. The molecule has 0 bridgehead atoms. The van der Waals surface area contributed by atoms with Crippen molar-refractivity contribution in [3.05, 3.63) is 47.5 Å². The Kier molecular flexibility index (Phi) is 6.65. The fourth-order valence-corrected chi connectivity index (χ4v) is 3.00. The summed E-state index contributed by atoms with van der Waals surface area (Å²) >= 11 is 0. The number of amidine groups is 1. The van der Waals surface area contributed by atoms with Crippen LogP contribution in [0.25, 0.3) is 0 Å². The highest BCUT2D eigenvalue weighted by Crippen LogP contribution is 2.28. The molecular weight excluding hydrogens is 332 g/mol. The Morgan fingerprint density at radius 3 is 2.26 bits per heavy atom. The summed E-state index contributed by atoms with van der Waals surface area (Å²) in [4.78, 5) is 19.5. The molecule has 0 fully saturated rings. The third-order valence-electron chi connectivity index (χ3n) is 4.14. The number of hydrogen-bond donors (Lipinski definition) is 0. The highest BCUT2D eigenvalue weighted by molar-refractivity contribution is 6.18. The zero-order valence-electron chi connectivity index (χ0n) is 17.6. The molecule has 1 amide bonds. The minimum atomic E-state index is -0.277. The Morgan fingerprint density at radius 2 is 1.67 bits per heavy atom. The lowest BCUT2D eigenvalue weighted by atomic mass is 10.0. The molecule has 0 aromatic heterocycles. The van der Waals surface area contributed by atoms with Gasteiger partial charge in [0.25, 0.3) is 5.91 Å². The number of unbranched alkanes of at least 4 members (excludes halogenated alkanes) is 2. The molecule has 0 radical (unpaired) electrons. The van der Waals surface area contributed by atoms with E-state index in [0.29, 0.717) is 0 Å². The van der Waals surface area contributed by atoms with Crippen molar-refractivity contribution in [2.45, 2.75) is 78.3 Å². The van der Waals surface area contributed by atoms with E-state index < -0.39 is 0 Å². The van der Waals surface area contributed by atoms with Crippen LogP contribution in [0, 0.1) is 11.8 Å². The van der Waals surface area contributed by atoms with E-state index >= 15 is 0 Å². The largest absolute Gasteiger partial charge is 0.288 e. The second-order valence-electron chi connectivity index (χ2n) is 9.00. The third kappa shape index (κ3) is 6.40. The van der Waals surface area contributed by atoms with E-state index in [2.05, 4.69) is 53.4 Å². The maximum Gasteiger partial charge on any atom is 0.255 e. The number of aliphatic imine (C=N–C) groups is 1. The van der Waals surface area contributed by atoms with Gasteiger partial charge in [0.05, 0.1) is 5.54 Å². The Labute approximate surface area is 164 Å². The van der Waals surface area contributed by atoms with E-state index in [1.807, 2.05) is 41.3 Å². The summed E-state index contributed by atoms with van der Waals surface area (Å²) in [6.45, 7) is 12.3. The van der Waals surface area contributed by atoms with Crippen LogP contribution in [0.4, 0.5) is 0 Å². The summed E-state index contributed by atoms with van der Waals surface area (Å²) in [7, 11) is 0. The SMILES string of the molecule is CC(C)(C)N=C1C=C(CCCCC#Cc2ccccc2)C(=O)N1C(C)(C)C. The van der Waals surface area contributed by atoms with E-state index in [4.69, 9.17) is 4.99 Å². The predicted octanol–water partition coefficient (Wildman–Crippen LogP) is 5.36. The fourth-order valence-electron chi connectivity index (χ4n) is 3.00. The number of amides is 1. The molecular formula is C24H32N2O. The van der Waals surface area contributed by atoms with Crippen LogP contribution in [-0.2, 0) is 4.79 Å². The van der Waals surface area contributed by atoms with Crippen molar-refractivity contribution in [3.63, 3.8) is 0 Å². The number of benzene rings is 1. The van der Waals surface area contributed by atoms with E-state index in [1.54, 1.807) is 0 Å². The van der Waals surface area contributed by atoms with Crippen LogP contribution in [0.5, 0.6) is 0 Å². The van der Waals surface area contributed by atoms with Crippen LogP contribution in [0.1, 0.15) is 72.8 Å². The molecule has 1 aliphatic rings. The van der Waals surface area contributed by atoms with Gasteiger partial charge in [-0.15, -0.1) is 0 Å². The Balaban J connectivity index is 1.95. The predicted molar refractivity (Wildman–Crippen MR) is 114 cm³/mol. The molecule has 0 spiro atoms. The maximum absolute atomic E-state index is 12.9. The molecule has 144 valence electrons. The first-order chi connectivity index (χ1) is 12.6. The van der Waals surface area contributed by atoms with Crippen LogP contribution in [0.15, 0.2) is 47.0 Å². The second kappa shape index (κ2) is 8.57. The molecule has 0 saturated carbocycles. The first-order valence-electron chi connectivity index (χ1n) is 9.77. The van der Waals surface area contributed by atoms with Crippen molar-refractivity contribution in [2.24, 2.45) is 4.99 Å². The number of hydrogen-bond acceptors (Lipinski definition) is 2. The number of nitrogens with zero attached hydrogens (tertiary/aromatic N) is 2. The van der Waals surface area contributed by atoms with Crippen LogP contribution >= 0.6 is 0 Å². The normalized spacial score (nSPS) is 16.4. The van der Waals surface area contributed by atoms with Crippen LogP contribution in [-0.4, -0.2) is 27.7 Å². The van der Waals surface area contributed by atoms with Gasteiger partial charge in [0.1, 0.15) is 5.84 Å². The van der Waals surface area contributed by atoms with Gasteiger partial charge in [-0.1, -0.05) is 30.0 Å². The first kappa shape index (κ1) is 21.0. The van der Waals surface area contributed by atoms with Crippen molar-refractivity contribution in [1.29, 1.82) is 0 Å². The third-order valence-corrected chi connectivity index (χ3v) is 4.14. The monoisotopic (exact) mass is 364 g/mol. The van der Waals surface area contributed by atoms with Gasteiger partial charge in [-0.3, -0.25) is 14.7 Å². The summed E-state index contributed by atoms with van der Waals surface area (Å²) in [6, 6.07) is 10.0. The molecule has 3 nitrogen and oxygen atoms in total. The average molecular weight is 365 g/mol. The molecule has 1 aromatic carbocycles. The van der Waals surface area contributed by atoms with Crippen molar-refractivity contribution in [2.75, 3.05) is 0 Å². The standard InChI is InChI=1S/C24H32N2O/c1-23(2,3)25-21-18-20(22(27)26(21)24(4,5)6)17-13-8-7-10-14-19-15-11-9-12-16-19/h9,11-12,15-16,18H,7-8,13,17H2,1-6H3. The molecule has 0 aliphatic carbocycles. The number of carbonyl (C=O) groups is 1. The first-order valence-corrected chi connectivity index (χ1v) is 9.77. The van der Waals surface area contributed by atoms with Gasteiger partial charge in [-0.05, 0) is 79.0 Å². The second-order valence-corrected chi connectivity index (χ2v) is 9.00. The quantitative estimate of drug-likeness (QED) is 0.523. The van der Waals surface area contributed by atoms with Crippen molar-refractivity contribution < 1.29 is 4.79 Å². The lowest BCUT2D eigenvalue weighted by Gasteiger charge is -2.33.